The molecule has 2 saturated heterocycles. The van der Waals surface area contributed by atoms with Crippen LogP contribution in [0.15, 0.2) is 199 Å². The normalized spacial score (nSPS) is 21.6. The number of aliphatic hydroxyl groups is 1. The molecule has 11 nitrogen and oxygen atoms in total. The Hall–Kier alpha value is -6.55. The van der Waals surface area contributed by atoms with Crippen molar-refractivity contribution in [1.29, 1.82) is 0 Å². The minimum atomic E-state index is -2.00. The molecule has 0 spiro atoms. The molecule has 2 fully saturated rings. The van der Waals surface area contributed by atoms with Gasteiger partial charge in [-0.15, -0.1) is 0 Å². The van der Waals surface area contributed by atoms with Gasteiger partial charge in [0.05, 0.1) is 55.3 Å². The second kappa shape index (κ2) is 32.6. The number of halogens is 3. The quantitative estimate of drug-likeness (QED) is 0.0592. The van der Waals surface area contributed by atoms with Crippen LogP contribution in [0.4, 0.5) is 0 Å². The Morgan fingerprint density at radius 2 is 0.966 bits per heavy atom. The summed E-state index contributed by atoms with van der Waals surface area (Å²) in [6, 6.07) is 62.3. The molecule has 0 radical (unpaired) electrons. The molecule has 9 atom stereocenters. The lowest BCUT2D eigenvalue weighted by Gasteiger charge is -2.50. The Morgan fingerprint density at radius 1 is 0.529 bits per heavy atom. The standard InChI is InChI=1S/C36H39ClO5.C22H26O4.C15H14BrClO2/c1-4-33-25(3)34(40-22-27-11-7-5-8-12-27)35(41-23-28-13-9-6-10-14-28)36(39,42-33)30-20-29(31(37)21-32(30)38)19-26-17-15-24(2)16-18-26;1-3-19-16(2)20(24-14-17-10-6-4-7-11-17)21(22(23)26-19)25-15-18-12-8-5-9-13-18;1-2-19-12-5-3-10(4-6-12)7-11-8-13(16)15(18)9-14(11)17/h5-18,20-21,25,33-35,38-39H,4,19,22-23H2,1-3H3;4-13,16,19-21H,3,14-15H2,1-2H3;3-6,8-9,18H,2,7H2,1H3/t25-,33-,34+,35-,36?;16-,19-,20+,21-;/m11./s1. The maximum absolute atomic E-state index is 12.5. The number of carbonyl (C=O) groups excluding carboxylic acids is 1. The lowest BCUT2D eigenvalue weighted by Crippen LogP contribution is -2.61. The molecule has 3 N–H and O–H groups in total. The van der Waals surface area contributed by atoms with Crippen LogP contribution in [0.1, 0.15) is 103 Å². The SMILES string of the molecule is CCOc1ccc(Cc2cc(Br)c(O)cc2Cl)cc1.CC[C@H]1OC(=O)[C@H](OCc2ccccc2)[C@@H](OCc2ccccc2)[C@@H]1C.CC[C@H]1OC(O)(c2cc(Cc3ccc(C)cc3)c(Cl)cc2O)[C@H](OCc2ccccc2)[C@@H](OCc2ccccc2)[C@@H]1C. The first kappa shape index (κ1) is 66.4. The Bertz CT molecular complexity index is 3380. The van der Waals surface area contributed by atoms with E-state index in [0.717, 1.165) is 56.7 Å². The van der Waals surface area contributed by atoms with Gasteiger partial charge in [-0.3, -0.25) is 0 Å². The fourth-order valence-corrected chi connectivity index (χ4v) is 11.7. The van der Waals surface area contributed by atoms with Crippen LogP contribution in [0.3, 0.4) is 0 Å². The van der Waals surface area contributed by atoms with Gasteiger partial charge >= 0.3 is 5.97 Å². The number of aromatic hydroxyl groups is 2. The number of rotatable bonds is 21. The number of phenols is 2. The van der Waals surface area contributed by atoms with Gasteiger partial charge in [-0.2, -0.15) is 0 Å². The van der Waals surface area contributed by atoms with Crippen molar-refractivity contribution in [2.75, 3.05) is 6.61 Å². The molecule has 87 heavy (non-hydrogen) atoms. The number of hydrogen-bond acceptors (Lipinski definition) is 11. The van der Waals surface area contributed by atoms with Gasteiger partial charge in [0, 0.05) is 21.9 Å². The third kappa shape index (κ3) is 18.3. The summed E-state index contributed by atoms with van der Waals surface area (Å²) in [4.78, 5) is 12.5. The van der Waals surface area contributed by atoms with Gasteiger partial charge in [0.25, 0.3) is 0 Å². The van der Waals surface area contributed by atoms with E-state index in [1.807, 2.05) is 179 Å². The predicted molar refractivity (Wildman–Crippen MR) is 346 cm³/mol. The second-order valence-electron chi connectivity index (χ2n) is 22.1. The van der Waals surface area contributed by atoms with Crippen molar-refractivity contribution in [3.05, 3.63) is 264 Å². The van der Waals surface area contributed by atoms with E-state index in [4.69, 9.17) is 56.4 Å². The Balaban J connectivity index is 0.000000185. The van der Waals surface area contributed by atoms with Crippen molar-refractivity contribution in [2.45, 2.75) is 136 Å². The average molecular weight is 1280 g/mol. The van der Waals surface area contributed by atoms with Crippen molar-refractivity contribution in [3.8, 4) is 17.2 Å². The predicted octanol–water partition coefficient (Wildman–Crippen LogP) is 16.6. The summed E-state index contributed by atoms with van der Waals surface area (Å²) in [5.41, 5.74) is 9.39. The fraction of sp³-hybridized carbons (Fsp3) is 0.329. The molecule has 0 aliphatic carbocycles. The van der Waals surface area contributed by atoms with Gasteiger partial charge < -0.3 is 48.5 Å². The van der Waals surface area contributed by atoms with Gasteiger partial charge in [-0.25, -0.2) is 4.79 Å². The van der Waals surface area contributed by atoms with E-state index in [1.165, 1.54) is 11.6 Å². The number of aryl methyl sites for hydroxylation is 1. The zero-order valence-electron chi connectivity index (χ0n) is 50.2. The molecular weight excluding hydrogens is 1200 g/mol. The molecule has 8 aromatic rings. The van der Waals surface area contributed by atoms with Crippen LogP contribution < -0.4 is 4.74 Å². The number of carbonyl (C=O) groups is 1. The zero-order chi connectivity index (χ0) is 61.9. The highest BCUT2D eigenvalue weighted by atomic mass is 79.9. The second-order valence-corrected chi connectivity index (χ2v) is 23.8. The fourth-order valence-electron chi connectivity index (χ4n) is 10.8. The maximum atomic E-state index is 12.5. The Morgan fingerprint density at radius 3 is 1.46 bits per heavy atom. The lowest BCUT2D eigenvalue weighted by molar-refractivity contribution is -0.361. The number of phenolic OH excluding ortho intramolecular Hbond substituents is 2. The highest BCUT2D eigenvalue weighted by Crippen LogP contribution is 2.47. The van der Waals surface area contributed by atoms with E-state index in [2.05, 4.69) is 54.0 Å². The van der Waals surface area contributed by atoms with E-state index < -0.39 is 24.1 Å². The number of esters is 1. The zero-order valence-corrected chi connectivity index (χ0v) is 53.3. The monoisotopic (exact) mass is 1280 g/mol. The largest absolute Gasteiger partial charge is 0.507 e. The molecule has 0 bridgehead atoms. The van der Waals surface area contributed by atoms with Crippen LogP contribution in [0.2, 0.25) is 10.0 Å². The highest BCUT2D eigenvalue weighted by Gasteiger charge is 2.56. The first-order valence-electron chi connectivity index (χ1n) is 29.8. The summed E-state index contributed by atoms with van der Waals surface area (Å²) in [6.45, 7) is 14.2. The van der Waals surface area contributed by atoms with E-state index in [-0.39, 0.29) is 59.8 Å². The Labute approximate surface area is 531 Å². The van der Waals surface area contributed by atoms with E-state index in [9.17, 15) is 20.1 Å². The van der Waals surface area contributed by atoms with Crippen molar-refractivity contribution in [2.24, 2.45) is 11.8 Å². The van der Waals surface area contributed by atoms with E-state index in [0.29, 0.717) is 60.2 Å². The molecule has 8 aromatic carbocycles. The highest BCUT2D eigenvalue weighted by molar-refractivity contribution is 9.10. The first-order chi connectivity index (χ1) is 42.1. The summed E-state index contributed by atoms with van der Waals surface area (Å²) in [5, 5.41) is 34.3. The number of cyclic esters (lactones) is 1. The molecular formula is C73H79BrCl2O11. The minimum Gasteiger partial charge on any atom is -0.507 e. The number of ether oxygens (including phenoxy) is 7. The summed E-state index contributed by atoms with van der Waals surface area (Å²) >= 11 is 16.1. The van der Waals surface area contributed by atoms with Crippen LogP contribution in [0.5, 0.6) is 17.2 Å². The van der Waals surface area contributed by atoms with Crippen molar-refractivity contribution < 1.29 is 53.3 Å². The molecule has 10 rings (SSSR count). The summed E-state index contributed by atoms with van der Waals surface area (Å²) in [5.74, 6) is -1.49. The molecule has 1 unspecified atom stereocenters. The number of benzene rings is 8. The summed E-state index contributed by atoms with van der Waals surface area (Å²) < 4.78 is 43.3. The van der Waals surface area contributed by atoms with E-state index >= 15 is 0 Å². The summed E-state index contributed by atoms with van der Waals surface area (Å²) in [7, 11) is 0. The number of hydrogen-bond donors (Lipinski definition) is 3. The average Bonchev–Trinajstić information content (AvgIpc) is 1.66. The van der Waals surface area contributed by atoms with Crippen molar-refractivity contribution in [1.82, 2.24) is 0 Å². The third-order valence-electron chi connectivity index (χ3n) is 15.8. The maximum Gasteiger partial charge on any atom is 0.338 e. The van der Waals surface area contributed by atoms with Gasteiger partial charge in [0.15, 0.2) is 6.10 Å². The van der Waals surface area contributed by atoms with Crippen LogP contribution in [-0.2, 0) is 78.3 Å². The van der Waals surface area contributed by atoms with Gasteiger partial charge in [0.2, 0.25) is 5.79 Å². The Kier molecular flexibility index (Phi) is 24.9. The minimum absolute atomic E-state index is 0.0715. The molecule has 2 aliphatic rings. The van der Waals surface area contributed by atoms with Crippen LogP contribution in [-0.4, -0.2) is 64.5 Å². The summed E-state index contributed by atoms with van der Waals surface area (Å²) in [6.07, 6.45) is -0.353. The third-order valence-corrected chi connectivity index (χ3v) is 17.1. The topological polar surface area (TPSA) is 142 Å². The van der Waals surface area contributed by atoms with Crippen molar-refractivity contribution in [3.63, 3.8) is 0 Å². The molecule has 14 heteroatoms. The van der Waals surface area contributed by atoms with Gasteiger partial charge in [-0.1, -0.05) is 214 Å². The van der Waals surface area contributed by atoms with Gasteiger partial charge in [0.1, 0.15) is 35.6 Å². The smallest absolute Gasteiger partial charge is 0.338 e. The van der Waals surface area contributed by atoms with E-state index in [1.54, 1.807) is 12.1 Å². The molecule has 0 amide bonds. The molecule has 0 saturated carbocycles. The molecule has 2 aliphatic heterocycles. The molecule has 2 heterocycles. The lowest BCUT2D eigenvalue weighted by atomic mass is 9.81. The van der Waals surface area contributed by atoms with Crippen LogP contribution >= 0.6 is 39.1 Å². The molecule has 458 valence electrons. The van der Waals surface area contributed by atoms with Crippen molar-refractivity contribution >= 4 is 45.1 Å². The van der Waals surface area contributed by atoms with Gasteiger partial charge in [-0.05, 0) is 136 Å². The molecule has 0 aromatic heterocycles. The van der Waals surface area contributed by atoms with Crippen LogP contribution in [0.25, 0.3) is 0 Å². The van der Waals surface area contributed by atoms with Crippen LogP contribution in [0, 0.1) is 18.8 Å². The first-order valence-corrected chi connectivity index (χ1v) is 31.3.